The Hall–Kier alpha value is -2.64. The Morgan fingerprint density at radius 2 is 1.84 bits per heavy atom. The molecule has 25 heavy (non-hydrogen) atoms. The number of anilines is 1. The Morgan fingerprint density at radius 3 is 2.56 bits per heavy atom. The first-order chi connectivity index (χ1) is 12.1. The minimum atomic E-state index is -1.06. The first-order valence-electron chi connectivity index (χ1n) is 7.33. The van der Waals surface area contributed by atoms with E-state index in [9.17, 15) is 9.59 Å². The van der Waals surface area contributed by atoms with Crippen LogP contribution in [-0.2, 0) is 9.59 Å². The zero-order valence-corrected chi connectivity index (χ0v) is 14.5. The van der Waals surface area contributed by atoms with E-state index in [0.717, 1.165) is 0 Å². The quantitative estimate of drug-likeness (QED) is 0.640. The third-order valence-electron chi connectivity index (χ3n) is 3.36. The molecule has 2 aromatic rings. The lowest BCUT2D eigenvalue weighted by molar-refractivity contribution is -0.139. The van der Waals surface area contributed by atoms with E-state index in [1.165, 1.54) is 16.7 Å². The van der Waals surface area contributed by atoms with E-state index in [-0.39, 0.29) is 5.91 Å². The fourth-order valence-corrected chi connectivity index (χ4v) is 3.57. The van der Waals surface area contributed by atoms with Crippen molar-refractivity contribution >= 4 is 51.9 Å². The predicted octanol–water partition coefficient (Wildman–Crippen LogP) is 3.56. The molecule has 2 aromatic carbocycles. The molecule has 0 aliphatic carbocycles. The van der Waals surface area contributed by atoms with E-state index in [0.29, 0.717) is 26.2 Å². The monoisotopic (exact) mass is 371 g/mol. The third kappa shape index (κ3) is 3.89. The molecule has 1 fully saturated rings. The van der Waals surface area contributed by atoms with Gasteiger partial charge in [-0.25, -0.2) is 4.79 Å². The Balaban J connectivity index is 1.89. The second kappa shape index (κ2) is 7.50. The number of para-hydroxylation sites is 2. The maximum atomic E-state index is 12.7. The van der Waals surface area contributed by atoms with Crippen molar-refractivity contribution in [3.05, 3.63) is 65.1 Å². The van der Waals surface area contributed by atoms with Gasteiger partial charge < -0.3 is 9.84 Å². The molecule has 7 heteroatoms. The topological polar surface area (TPSA) is 66.8 Å². The standard InChI is InChI=1S/C18H13NO4S2/c20-16(21)11-23-14-9-5-4-6-12(14)10-15-17(22)19(18(24)25-15)13-7-2-1-3-8-13/h1-10H,11H2,(H,20,21)/b15-10+. The second-order valence-electron chi connectivity index (χ2n) is 5.07. The number of amides is 1. The van der Waals surface area contributed by atoms with Crippen LogP contribution in [0, 0.1) is 0 Å². The number of hydrogen-bond donors (Lipinski definition) is 1. The van der Waals surface area contributed by atoms with Crippen molar-refractivity contribution in [1.29, 1.82) is 0 Å². The maximum absolute atomic E-state index is 12.7. The van der Waals surface area contributed by atoms with Gasteiger partial charge in [0, 0.05) is 5.56 Å². The Labute approximate surface area is 153 Å². The molecule has 0 unspecified atom stereocenters. The minimum absolute atomic E-state index is 0.214. The zero-order chi connectivity index (χ0) is 17.8. The molecule has 0 aromatic heterocycles. The summed E-state index contributed by atoms with van der Waals surface area (Å²) >= 11 is 6.53. The number of carboxylic acids is 1. The first-order valence-corrected chi connectivity index (χ1v) is 8.55. The number of hydrogen-bond acceptors (Lipinski definition) is 5. The molecule has 1 aliphatic rings. The van der Waals surface area contributed by atoms with Gasteiger partial charge in [0.15, 0.2) is 10.9 Å². The average Bonchev–Trinajstić information content (AvgIpc) is 2.88. The molecule has 0 saturated carbocycles. The van der Waals surface area contributed by atoms with Crippen molar-refractivity contribution in [3.63, 3.8) is 0 Å². The molecule has 5 nitrogen and oxygen atoms in total. The van der Waals surface area contributed by atoms with Crippen LogP contribution in [0.2, 0.25) is 0 Å². The van der Waals surface area contributed by atoms with Gasteiger partial charge in [0.1, 0.15) is 5.75 Å². The number of rotatable bonds is 5. The van der Waals surface area contributed by atoms with Crippen molar-refractivity contribution in [1.82, 2.24) is 0 Å². The van der Waals surface area contributed by atoms with Crippen LogP contribution in [0.4, 0.5) is 5.69 Å². The number of ether oxygens (including phenoxy) is 1. The smallest absolute Gasteiger partial charge is 0.341 e. The van der Waals surface area contributed by atoms with Crippen LogP contribution in [0.25, 0.3) is 6.08 Å². The molecular weight excluding hydrogens is 358 g/mol. The molecule has 0 atom stereocenters. The minimum Gasteiger partial charge on any atom is -0.481 e. The van der Waals surface area contributed by atoms with Crippen molar-refractivity contribution < 1.29 is 19.4 Å². The van der Waals surface area contributed by atoms with Crippen LogP contribution in [-0.4, -0.2) is 27.9 Å². The summed E-state index contributed by atoms with van der Waals surface area (Å²) in [5.74, 6) is -0.880. The second-order valence-corrected chi connectivity index (χ2v) is 6.75. The highest BCUT2D eigenvalue weighted by Gasteiger charge is 2.33. The number of thiocarbonyl (C=S) groups is 1. The maximum Gasteiger partial charge on any atom is 0.341 e. The fraction of sp³-hybridized carbons (Fsp3) is 0.0556. The third-order valence-corrected chi connectivity index (χ3v) is 4.67. The van der Waals surface area contributed by atoms with Crippen LogP contribution >= 0.6 is 24.0 Å². The Kier molecular flexibility index (Phi) is 5.16. The molecule has 1 aliphatic heterocycles. The van der Waals surface area contributed by atoms with Crippen molar-refractivity contribution in [2.24, 2.45) is 0 Å². The molecular formula is C18H13NO4S2. The fourth-order valence-electron chi connectivity index (χ4n) is 2.28. The van der Waals surface area contributed by atoms with Crippen LogP contribution in [0.3, 0.4) is 0 Å². The van der Waals surface area contributed by atoms with Gasteiger partial charge in [-0.05, 0) is 24.3 Å². The summed E-state index contributed by atoms with van der Waals surface area (Å²) in [5.41, 5.74) is 1.33. The summed E-state index contributed by atoms with van der Waals surface area (Å²) in [6.07, 6.45) is 1.67. The molecule has 126 valence electrons. The van der Waals surface area contributed by atoms with E-state index >= 15 is 0 Å². The highest BCUT2D eigenvalue weighted by atomic mass is 32.2. The molecule has 3 rings (SSSR count). The van der Waals surface area contributed by atoms with Crippen LogP contribution < -0.4 is 9.64 Å². The summed E-state index contributed by atoms with van der Waals surface area (Å²) in [7, 11) is 0. The van der Waals surface area contributed by atoms with E-state index in [4.69, 9.17) is 22.1 Å². The van der Waals surface area contributed by atoms with Gasteiger partial charge in [-0.15, -0.1) is 0 Å². The summed E-state index contributed by atoms with van der Waals surface area (Å²) in [6.45, 7) is -0.449. The molecule has 1 saturated heterocycles. The number of nitrogens with zero attached hydrogens (tertiary/aromatic N) is 1. The number of thioether (sulfide) groups is 1. The molecule has 1 N–H and O–H groups in total. The molecule has 0 radical (unpaired) electrons. The summed E-state index contributed by atoms with van der Waals surface area (Å²) < 4.78 is 5.72. The van der Waals surface area contributed by atoms with Crippen LogP contribution in [0.5, 0.6) is 5.75 Å². The zero-order valence-electron chi connectivity index (χ0n) is 12.9. The summed E-state index contributed by atoms with van der Waals surface area (Å²) in [6, 6.07) is 16.1. The largest absolute Gasteiger partial charge is 0.481 e. The first kappa shape index (κ1) is 17.2. The number of benzene rings is 2. The van der Waals surface area contributed by atoms with E-state index in [2.05, 4.69) is 0 Å². The van der Waals surface area contributed by atoms with Gasteiger partial charge in [0.05, 0.1) is 10.6 Å². The van der Waals surface area contributed by atoms with E-state index < -0.39 is 12.6 Å². The number of carboxylic acid groups (broad SMARTS) is 1. The summed E-state index contributed by atoms with van der Waals surface area (Å²) in [4.78, 5) is 25.4. The Morgan fingerprint density at radius 1 is 1.16 bits per heavy atom. The average molecular weight is 371 g/mol. The lowest BCUT2D eigenvalue weighted by atomic mass is 10.2. The number of carbonyl (C=O) groups is 2. The van der Waals surface area contributed by atoms with Crippen molar-refractivity contribution in [2.45, 2.75) is 0 Å². The molecule has 0 bridgehead atoms. The predicted molar refractivity (Wildman–Crippen MR) is 102 cm³/mol. The number of carbonyl (C=O) groups excluding carboxylic acids is 1. The lowest BCUT2D eigenvalue weighted by Gasteiger charge is -2.13. The normalized spacial score (nSPS) is 15.7. The van der Waals surface area contributed by atoms with E-state index in [1.807, 2.05) is 30.3 Å². The van der Waals surface area contributed by atoms with Gasteiger partial charge in [0.2, 0.25) is 0 Å². The highest BCUT2D eigenvalue weighted by molar-refractivity contribution is 8.27. The highest BCUT2D eigenvalue weighted by Crippen LogP contribution is 2.36. The van der Waals surface area contributed by atoms with Crippen LogP contribution in [0.15, 0.2) is 59.5 Å². The van der Waals surface area contributed by atoms with E-state index in [1.54, 1.807) is 30.3 Å². The molecule has 1 heterocycles. The SMILES string of the molecule is O=C(O)COc1ccccc1/C=C1/SC(=S)N(c2ccccc2)C1=O. The van der Waals surface area contributed by atoms with Gasteiger partial charge in [-0.3, -0.25) is 9.69 Å². The summed E-state index contributed by atoms with van der Waals surface area (Å²) in [5, 5.41) is 8.77. The number of aliphatic carboxylic acids is 1. The Bertz CT molecular complexity index is 864. The van der Waals surface area contributed by atoms with Crippen molar-refractivity contribution in [2.75, 3.05) is 11.5 Å². The van der Waals surface area contributed by atoms with Gasteiger partial charge in [-0.2, -0.15) is 0 Å². The molecule has 1 amide bonds. The van der Waals surface area contributed by atoms with Gasteiger partial charge >= 0.3 is 5.97 Å². The molecule has 0 spiro atoms. The van der Waals surface area contributed by atoms with Gasteiger partial charge in [-0.1, -0.05) is 60.4 Å². The van der Waals surface area contributed by atoms with Gasteiger partial charge in [0.25, 0.3) is 5.91 Å². The lowest BCUT2D eigenvalue weighted by Crippen LogP contribution is -2.27. The van der Waals surface area contributed by atoms with Crippen molar-refractivity contribution in [3.8, 4) is 5.75 Å². The van der Waals surface area contributed by atoms with Crippen LogP contribution in [0.1, 0.15) is 5.56 Å².